The summed E-state index contributed by atoms with van der Waals surface area (Å²) >= 11 is 0. The minimum Gasteiger partial charge on any atom is -0.338 e. The normalized spacial score (nSPS) is 19.7. The fourth-order valence-corrected chi connectivity index (χ4v) is 4.46. The molecule has 2 aliphatic heterocycles. The molecule has 1 spiro atoms. The molecule has 2 saturated heterocycles. The summed E-state index contributed by atoms with van der Waals surface area (Å²) in [4.78, 5) is 26.2. The van der Waals surface area contributed by atoms with Crippen LogP contribution in [0.25, 0.3) is 0 Å². The smallest absolute Gasteiger partial charge is 0.223 e. The minimum atomic E-state index is 0.164. The van der Waals surface area contributed by atoms with Crippen LogP contribution >= 0.6 is 0 Å². The highest BCUT2D eigenvalue weighted by Crippen LogP contribution is 2.41. The fraction of sp³-hybridized carbons (Fsp3) is 0.522. The Labute approximate surface area is 167 Å². The van der Waals surface area contributed by atoms with Gasteiger partial charge < -0.3 is 4.90 Å². The first-order chi connectivity index (χ1) is 13.5. The van der Waals surface area contributed by atoms with Crippen LogP contribution in [0.1, 0.15) is 56.1 Å². The summed E-state index contributed by atoms with van der Waals surface area (Å²) in [7, 11) is 0. The largest absolute Gasteiger partial charge is 0.338 e. The van der Waals surface area contributed by atoms with Crippen LogP contribution in [0, 0.1) is 5.41 Å². The molecular formula is C23H30N4O. The van der Waals surface area contributed by atoms with E-state index in [-0.39, 0.29) is 5.41 Å². The molecule has 0 N–H and O–H groups in total. The Kier molecular flexibility index (Phi) is 5.44. The molecule has 2 aliphatic rings. The maximum Gasteiger partial charge on any atom is 0.223 e. The van der Waals surface area contributed by atoms with Crippen LogP contribution < -0.4 is 0 Å². The van der Waals surface area contributed by atoms with Crippen molar-refractivity contribution in [3.63, 3.8) is 0 Å². The van der Waals surface area contributed by atoms with Gasteiger partial charge in [-0.2, -0.15) is 0 Å². The summed E-state index contributed by atoms with van der Waals surface area (Å²) in [5, 5.41) is 0. The summed E-state index contributed by atoms with van der Waals surface area (Å²) < 4.78 is 0. The number of carbonyl (C=O) groups is 1. The van der Waals surface area contributed by atoms with Crippen LogP contribution in [0.15, 0.2) is 42.6 Å². The van der Waals surface area contributed by atoms with E-state index in [4.69, 9.17) is 4.98 Å². The van der Waals surface area contributed by atoms with Gasteiger partial charge in [-0.15, -0.1) is 0 Å². The highest BCUT2D eigenvalue weighted by molar-refractivity contribution is 5.79. The van der Waals surface area contributed by atoms with Gasteiger partial charge >= 0.3 is 0 Å². The van der Waals surface area contributed by atoms with Gasteiger partial charge in [0.1, 0.15) is 5.82 Å². The molecule has 0 aliphatic carbocycles. The van der Waals surface area contributed by atoms with E-state index in [1.165, 1.54) is 5.56 Å². The quantitative estimate of drug-likeness (QED) is 0.797. The zero-order chi connectivity index (χ0) is 19.6. The van der Waals surface area contributed by atoms with Crippen molar-refractivity contribution in [2.75, 3.05) is 19.6 Å². The molecule has 1 amide bonds. The van der Waals surface area contributed by atoms with Gasteiger partial charge in [0.05, 0.1) is 5.69 Å². The highest BCUT2D eigenvalue weighted by atomic mass is 16.2. The number of piperidine rings is 1. The molecular weight excluding hydrogens is 348 g/mol. The first-order valence-corrected chi connectivity index (χ1v) is 10.4. The zero-order valence-electron chi connectivity index (χ0n) is 17.0. The molecule has 0 bridgehead atoms. The molecule has 3 heterocycles. The van der Waals surface area contributed by atoms with E-state index >= 15 is 0 Å². The Morgan fingerprint density at radius 1 is 1.07 bits per heavy atom. The van der Waals surface area contributed by atoms with Gasteiger partial charge in [-0.1, -0.05) is 44.2 Å². The lowest BCUT2D eigenvalue weighted by molar-refractivity contribution is -0.128. The number of likely N-dealkylation sites (tertiary alicyclic amines) is 2. The van der Waals surface area contributed by atoms with E-state index in [9.17, 15) is 4.79 Å². The number of hydrogen-bond donors (Lipinski definition) is 0. The lowest BCUT2D eigenvalue weighted by atomic mass is 9.77. The second-order valence-corrected chi connectivity index (χ2v) is 8.75. The summed E-state index contributed by atoms with van der Waals surface area (Å²) in [5.41, 5.74) is 2.48. The third kappa shape index (κ3) is 4.25. The summed E-state index contributed by atoms with van der Waals surface area (Å²) in [6.45, 7) is 8.84. The fourth-order valence-electron chi connectivity index (χ4n) is 4.46. The lowest BCUT2D eigenvalue weighted by Crippen LogP contribution is -2.41. The number of aromatic nitrogens is 2. The third-order valence-corrected chi connectivity index (χ3v) is 6.17. The first-order valence-electron chi connectivity index (χ1n) is 10.4. The Bertz CT molecular complexity index is 812. The van der Waals surface area contributed by atoms with Gasteiger partial charge in [0.25, 0.3) is 0 Å². The lowest BCUT2D eigenvalue weighted by Gasteiger charge is -2.38. The average Bonchev–Trinajstić information content (AvgIpc) is 3.00. The Balaban J connectivity index is 1.33. The number of rotatable bonds is 5. The van der Waals surface area contributed by atoms with Crippen molar-refractivity contribution in [1.29, 1.82) is 0 Å². The zero-order valence-corrected chi connectivity index (χ0v) is 17.0. The molecule has 1 aromatic carbocycles. The molecule has 0 saturated carbocycles. The molecule has 28 heavy (non-hydrogen) atoms. The molecule has 2 aromatic rings. The Morgan fingerprint density at radius 2 is 1.82 bits per heavy atom. The molecule has 0 atom stereocenters. The van der Waals surface area contributed by atoms with Crippen LogP contribution in [-0.4, -0.2) is 45.3 Å². The van der Waals surface area contributed by atoms with Crippen molar-refractivity contribution < 1.29 is 4.79 Å². The van der Waals surface area contributed by atoms with Gasteiger partial charge in [-0.05, 0) is 43.0 Å². The van der Waals surface area contributed by atoms with Gasteiger partial charge in [-0.3, -0.25) is 9.69 Å². The van der Waals surface area contributed by atoms with E-state index in [0.29, 0.717) is 18.2 Å². The molecule has 148 valence electrons. The highest BCUT2D eigenvalue weighted by Gasteiger charge is 2.44. The predicted molar refractivity (Wildman–Crippen MR) is 110 cm³/mol. The number of nitrogens with zero attached hydrogens (tertiary/aromatic N) is 4. The van der Waals surface area contributed by atoms with Crippen LogP contribution in [0.3, 0.4) is 0 Å². The monoisotopic (exact) mass is 378 g/mol. The average molecular weight is 379 g/mol. The van der Waals surface area contributed by atoms with Crippen molar-refractivity contribution in [1.82, 2.24) is 19.8 Å². The van der Waals surface area contributed by atoms with Crippen LogP contribution in [0.2, 0.25) is 0 Å². The molecule has 0 radical (unpaired) electrons. The minimum absolute atomic E-state index is 0.164. The number of carbonyl (C=O) groups excluding carboxylic acids is 1. The summed E-state index contributed by atoms with van der Waals surface area (Å²) in [5.74, 6) is 1.59. The first kappa shape index (κ1) is 19.1. The number of amides is 1. The summed E-state index contributed by atoms with van der Waals surface area (Å²) in [6.07, 6.45) is 4.76. The van der Waals surface area contributed by atoms with E-state index in [1.54, 1.807) is 0 Å². The van der Waals surface area contributed by atoms with Crippen LogP contribution in [0.4, 0.5) is 0 Å². The van der Waals surface area contributed by atoms with E-state index in [0.717, 1.165) is 57.1 Å². The van der Waals surface area contributed by atoms with Gasteiger partial charge in [0.15, 0.2) is 0 Å². The second-order valence-electron chi connectivity index (χ2n) is 8.75. The molecule has 5 nitrogen and oxygen atoms in total. The molecule has 5 heteroatoms. The molecule has 0 unspecified atom stereocenters. The van der Waals surface area contributed by atoms with Crippen molar-refractivity contribution >= 4 is 5.91 Å². The van der Waals surface area contributed by atoms with Crippen LogP contribution in [0.5, 0.6) is 0 Å². The van der Waals surface area contributed by atoms with E-state index < -0.39 is 0 Å². The van der Waals surface area contributed by atoms with Gasteiger partial charge in [-0.25, -0.2) is 9.97 Å². The standard InChI is InChI=1S/C23H30N4O/c1-18(2)22-24-11-8-20(25-22)16-26-12-9-23(10-13-26)14-21(28)27(17-23)15-19-6-4-3-5-7-19/h3-8,11,18H,9-10,12-17H2,1-2H3. The summed E-state index contributed by atoms with van der Waals surface area (Å²) in [6, 6.07) is 12.3. The Hall–Kier alpha value is -2.27. The third-order valence-electron chi connectivity index (χ3n) is 6.17. The van der Waals surface area contributed by atoms with E-state index in [1.807, 2.05) is 30.5 Å². The predicted octanol–water partition coefficient (Wildman–Crippen LogP) is 3.61. The van der Waals surface area contributed by atoms with E-state index in [2.05, 4.69) is 40.8 Å². The van der Waals surface area contributed by atoms with Crippen molar-refractivity contribution in [2.45, 2.75) is 52.1 Å². The van der Waals surface area contributed by atoms with Gasteiger partial charge in [0.2, 0.25) is 5.91 Å². The Morgan fingerprint density at radius 3 is 2.54 bits per heavy atom. The SMILES string of the molecule is CC(C)c1nccc(CN2CCC3(CC2)CC(=O)N(Cc2ccccc2)C3)n1. The van der Waals surface area contributed by atoms with Gasteiger partial charge in [0, 0.05) is 38.2 Å². The number of hydrogen-bond acceptors (Lipinski definition) is 4. The molecule has 4 rings (SSSR count). The van der Waals surface area contributed by atoms with Crippen molar-refractivity contribution in [3.05, 3.63) is 59.7 Å². The molecule has 2 fully saturated rings. The maximum atomic E-state index is 12.6. The van der Waals surface area contributed by atoms with Crippen molar-refractivity contribution in [2.24, 2.45) is 5.41 Å². The topological polar surface area (TPSA) is 49.3 Å². The number of benzene rings is 1. The van der Waals surface area contributed by atoms with Crippen molar-refractivity contribution in [3.8, 4) is 0 Å². The van der Waals surface area contributed by atoms with Crippen LogP contribution in [-0.2, 0) is 17.9 Å². The second kappa shape index (κ2) is 8.00. The maximum absolute atomic E-state index is 12.6. The molecule has 1 aromatic heterocycles.